The third kappa shape index (κ3) is 3.66. The molecule has 1 nitrogen and oxygen atoms in total. The van der Waals surface area contributed by atoms with Gasteiger partial charge in [-0.3, -0.25) is 0 Å². The summed E-state index contributed by atoms with van der Waals surface area (Å²) in [5, 5.41) is 3.68. The van der Waals surface area contributed by atoms with Gasteiger partial charge in [0, 0.05) is 0 Å². The third-order valence-corrected chi connectivity index (χ3v) is 5.19. The molecule has 94 valence electrons. The first-order chi connectivity index (χ1) is 7.90. The molecule has 0 aromatic carbocycles. The molecule has 0 aromatic rings. The van der Waals surface area contributed by atoms with Crippen molar-refractivity contribution in [1.29, 1.82) is 0 Å². The lowest BCUT2D eigenvalue weighted by Crippen LogP contribution is -2.27. The fraction of sp³-hybridized carbons (Fsp3) is 1.00. The largest absolute Gasteiger partial charge is 0.316 e. The van der Waals surface area contributed by atoms with Crippen molar-refractivity contribution in [2.45, 2.75) is 44.9 Å². The first-order valence-electron chi connectivity index (χ1n) is 7.10. The van der Waals surface area contributed by atoms with Gasteiger partial charge in [-0.05, 0) is 75.0 Å². The van der Waals surface area contributed by atoms with E-state index >= 15 is 0 Å². The molecule has 0 amide bonds. The van der Waals surface area contributed by atoms with Crippen LogP contribution in [0, 0.1) is 17.8 Å². The van der Waals surface area contributed by atoms with Gasteiger partial charge in [-0.2, -0.15) is 11.8 Å². The smallest absolute Gasteiger partial charge is 0.00178 e. The standard InChI is InChI=1S/C14H27NS/c1-16-8-4-2-3-7-15-11-14-10-12-5-6-13(14)9-12/h12-15H,2-11H2,1H3. The number of unbranched alkanes of at least 4 members (excludes halogenated alkanes) is 2. The van der Waals surface area contributed by atoms with Crippen LogP contribution in [0.1, 0.15) is 44.9 Å². The maximum absolute atomic E-state index is 3.68. The molecular weight excluding hydrogens is 214 g/mol. The zero-order valence-corrected chi connectivity index (χ0v) is 11.5. The Morgan fingerprint density at radius 3 is 2.75 bits per heavy atom. The molecule has 3 unspecified atom stereocenters. The molecule has 2 aliphatic rings. The van der Waals surface area contributed by atoms with Crippen molar-refractivity contribution in [3.63, 3.8) is 0 Å². The minimum atomic E-state index is 1.03. The van der Waals surface area contributed by atoms with Crippen molar-refractivity contribution >= 4 is 11.8 Å². The molecule has 3 atom stereocenters. The predicted octanol–water partition coefficient (Wildman–Crippen LogP) is 3.55. The highest BCUT2D eigenvalue weighted by Crippen LogP contribution is 2.47. The fourth-order valence-electron chi connectivity index (χ4n) is 3.59. The molecule has 2 aliphatic carbocycles. The summed E-state index contributed by atoms with van der Waals surface area (Å²) in [6, 6.07) is 0. The summed E-state index contributed by atoms with van der Waals surface area (Å²) in [5.41, 5.74) is 0. The number of hydrogen-bond donors (Lipinski definition) is 1. The van der Waals surface area contributed by atoms with Crippen LogP contribution < -0.4 is 5.32 Å². The maximum Gasteiger partial charge on any atom is -0.00178 e. The highest BCUT2D eigenvalue weighted by molar-refractivity contribution is 7.98. The van der Waals surface area contributed by atoms with Crippen LogP contribution >= 0.6 is 11.8 Å². The van der Waals surface area contributed by atoms with Gasteiger partial charge in [-0.15, -0.1) is 0 Å². The van der Waals surface area contributed by atoms with Gasteiger partial charge in [0.1, 0.15) is 0 Å². The molecule has 2 heteroatoms. The summed E-state index contributed by atoms with van der Waals surface area (Å²) in [7, 11) is 0. The van der Waals surface area contributed by atoms with Gasteiger partial charge in [0.2, 0.25) is 0 Å². The number of rotatable bonds is 8. The van der Waals surface area contributed by atoms with E-state index in [1.54, 1.807) is 6.42 Å². The van der Waals surface area contributed by atoms with E-state index in [9.17, 15) is 0 Å². The second-order valence-electron chi connectivity index (χ2n) is 5.69. The Morgan fingerprint density at radius 1 is 1.12 bits per heavy atom. The first kappa shape index (κ1) is 12.8. The van der Waals surface area contributed by atoms with E-state index in [4.69, 9.17) is 0 Å². The third-order valence-electron chi connectivity index (χ3n) is 4.49. The van der Waals surface area contributed by atoms with Crippen molar-refractivity contribution < 1.29 is 0 Å². The number of hydrogen-bond acceptors (Lipinski definition) is 2. The molecule has 2 saturated carbocycles. The highest BCUT2D eigenvalue weighted by Gasteiger charge is 2.38. The summed E-state index contributed by atoms with van der Waals surface area (Å²) < 4.78 is 0. The van der Waals surface area contributed by atoms with Gasteiger partial charge >= 0.3 is 0 Å². The van der Waals surface area contributed by atoms with Gasteiger partial charge in [-0.25, -0.2) is 0 Å². The lowest BCUT2D eigenvalue weighted by Gasteiger charge is -2.21. The summed E-state index contributed by atoms with van der Waals surface area (Å²) in [6.07, 6.45) is 12.5. The molecule has 1 N–H and O–H groups in total. The van der Waals surface area contributed by atoms with Crippen LogP contribution in [0.4, 0.5) is 0 Å². The Hall–Kier alpha value is 0.310. The van der Waals surface area contributed by atoms with Crippen LogP contribution in [0.25, 0.3) is 0 Å². The number of fused-ring (bicyclic) bond motifs is 2. The van der Waals surface area contributed by atoms with Crippen molar-refractivity contribution in [3.8, 4) is 0 Å². The molecule has 0 aliphatic heterocycles. The summed E-state index contributed by atoms with van der Waals surface area (Å²) in [6.45, 7) is 2.56. The van der Waals surface area contributed by atoms with Gasteiger partial charge in [-0.1, -0.05) is 12.8 Å². The summed E-state index contributed by atoms with van der Waals surface area (Å²) in [4.78, 5) is 0. The topological polar surface area (TPSA) is 12.0 Å². The van der Waals surface area contributed by atoms with Crippen LogP contribution in [0.15, 0.2) is 0 Å². The van der Waals surface area contributed by atoms with Gasteiger partial charge < -0.3 is 5.32 Å². The zero-order valence-electron chi connectivity index (χ0n) is 10.7. The van der Waals surface area contributed by atoms with Crippen LogP contribution in [0.2, 0.25) is 0 Å². The Kier molecular flexibility index (Phi) is 5.51. The molecule has 0 radical (unpaired) electrons. The van der Waals surface area contributed by atoms with Crippen molar-refractivity contribution in [2.24, 2.45) is 17.8 Å². The highest BCUT2D eigenvalue weighted by atomic mass is 32.2. The molecule has 0 saturated heterocycles. The van der Waals surface area contributed by atoms with Crippen molar-refractivity contribution in [3.05, 3.63) is 0 Å². The van der Waals surface area contributed by atoms with Crippen LogP contribution in [-0.2, 0) is 0 Å². The Bertz CT molecular complexity index is 195. The van der Waals surface area contributed by atoms with E-state index < -0.39 is 0 Å². The Morgan fingerprint density at radius 2 is 2.06 bits per heavy atom. The molecule has 16 heavy (non-hydrogen) atoms. The monoisotopic (exact) mass is 241 g/mol. The Labute approximate surface area is 105 Å². The van der Waals surface area contributed by atoms with Gasteiger partial charge in [0.25, 0.3) is 0 Å². The predicted molar refractivity (Wildman–Crippen MR) is 74.0 cm³/mol. The minimum absolute atomic E-state index is 1.03. The second-order valence-corrected chi connectivity index (χ2v) is 6.68. The van der Waals surface area contributed by atoms with Crippen molar-refractivity contribution in [2.75, 3.05) is 25.1 Å². The lowest BCUT2D eigenvalue weighted by molar-refractivity contribution is 0.318. The van der Waals surface area contributed by atoms with E-state index in [1.165, 1.54) is 57.4 Å². The lowest BCUT2D eigenvalue weighted by atomic mass is 9.89. The molecule has 2 rings (SSSR count). The molecule has 0 aromatic heterocycles. The van der Waals surface area contributed by atoms with E-state index in [1.807, 2.05) is 11.8 Å². The SMILES string of the molecule is CSCCCCCNCC1CC2CCC1C2. The van der Waals surface area contributed by atoms with Crippen LogP contribution in [0.5, 0.6) is 0 Å². The van der Waals surface area contributed by atoms with E-state index in [0.29, 0.717) is 0 Å². The Balaban J connectivity index is 1.43. The fourth-order valence-corrected chi connectivity index (χ4v) is 4.08. The minimum Gasteiger partial charge on any atom is -0.316 e. The number of nitrogens with one attached hydrogen (secondary N) is 1. The number of thioether (sulfide) groups is 1. The molecule has 0 heterocycles. The zero-order chi connectivity index (χ0) is 11.2. The maximum atomic E-state index is 3.68. The van der Waals surface area contributed by atoms with E-state index in [0.717, 1.165) is 17.8 Å². The quantitative estimate of drug-likeness (QED) is 0.652. The normalized spacial score (nSPS) is 32.4. The molecule has 2 bridgehead atoms. The molecule has 0 spiro atoms. The van der Waals surface area contributed by atoms with E-state index in [2.05, 4.69) is 11.6 Å². The first-order valence-corrected chi connectivity index (χ1v) is 8.49. The average molecular weight is 241 g/mol. The van der Waals surface area contributed by atoms with Gasteiger partial charge in [0.05, 0.1) is 0 Å². The second kappa shape index (κ2) is 6.90. The molecule has 2 fully saturated rings. The summed E-state index contributed by atoms with van der Waals surface area (Å²) in [5.74, 6) is 4.57. The summed E-state index contributed by atoms with van der Waals surface area (Å²) >= 11 is 1.97. The average Bonchev–Trinajstić information content (AvgIpc) is 2.90. The van der Waals surface area contributed by atoms with Crippen LogP contribution in [0.3, 0.4) is 0 Å². The van der Waals surface area contributed by atoms with Crippen molar-refractivity contribution in [1.82, 2.24) is 5.32 Å². The van der Waals surface area contributed by atoms with E-state index in [-0.39, 0.29) is 0 Å². The van der Waals surface area contributed by atoms with Crippen LogP contribution in [-0.4, -0.2) is 25.1 Å². The van der Waals surface area contributed by atoms with Gasteiger partial charge in [0.15, 0.2) is 0 Å². The molecular formula is C14H27NS.